The molecule has 2 heterocycles. The van der Waals surface area contributed by atoms with Gasteiger partial charge in [0.2, 0.25) is 0 Å². The lowest BCUT2D eigenvalue weighted by Gasteiger charge is -2.40. The summed E-state index contributed by atoms with van der Waals surface area (Å²) in [6.07, 6.45) is 4.26. The zero-order chi connectivity index (χ0) is 18.6. The molecule has 0 amide bonds. The van der Waals surface area contributed by atoms with Gasteiger partial charge in [0.1, 0.15) is 11.8 Å². The standard InChI is InChI=1S/C20H24N2O4/c1-2-26-17-8-4-3-7-16(17)18(19(23)24)22-12-9-20(25,10-13-22)15-6-5-11-21-14-15/h3-8,11,14,18,25H,2,9-10,12-13H2,1H3,(H,23,24)/t18-/m0/s1. The largest absolute Gasteiger partial charge is 0.494 e. The number of pyridine rings is 1. The number of hydrogen-bond acceptors (Lipinski definition) is 5. The fourth-order valence-corrected chi connectivity index (χ4v) is 3.56. The Morgan fingerprint density at radius 2 is 2.00 bits per heavy atom. The predicted octanol–water partition coefficient (Wildman–Crippen LogP) is 2.59. The molecule has 1 fully saturated rings. The molecule has 1 saturated heterocycles. The van der Waals surface area contributed by atoms with Crippen molar-refractivity contribution in [1.29, 1.82) is 0 Å². The number of nitrogens with zero attached hydrogens (tertiary/aromatic N) is 2. The van der Waals surface area contributed by atoms with Crippen molar-refractivity contribution in [2.24, 2.45) is 0 Å². The number of likely N-dealkylation sites (tertiary alicyclic amines) is 1. The average Bonchev–Trinajstić information content (AvgIpc) is 2.66. The number of hydrogen-bond donors (Lipinski definition) is 2. The molecular formula is C20H24N2O4. The van der Waals surface area contributed by atoms with Gasteiger partial charge in [-0.3, -0.25) is 14.7 Å². The van der Waals surface area contributed by atoms with Gasteiger partial charge < -0.3 is 14.9 Å². The number of benzene rings is 1. The average molecular weight is 356 g/mol. The minimum Gasteiger partial charge on any atom is -0.494 e. The first-order chi connectivity index (χ1) is 12.5. The van der Waals surface area contributed by atoms with Gasteiger partial charge in [-0.1, -0.05) is 24.3 Å². The second-order valence-electron chi connectivity index (χ2n) is 6.52. The van der Waals surface area contributed by atoms with Crippen LogP contribution in [0.4, 0.5) is 0 Å². The molecule has 1 aliphatic rings. The summed E-state index contributed by atoms with van der Waals surface area (Å²) in [5, 5.41) is 20.8. The lowest BCUT2D eigenvalue weighted by molar-refractivity contribution is -0.146. The zero-order valence-electron chi connectivity index (χ0n) is 14.8. The molecule has 2 aromatic rings. The number of aromatic nitrogens is 1. The lowest BCUT2D eigenvalue weighted by Crippen LogP contribution is -2.46. The molecule has 2 N–H and O–H groups in total. The Bertz CT molecular complexity index is 742. The van der Waals surface area contributed by atoms with Crippen molar-refractivity contribution >= 4 is 5.97 Å². The summed E-state index contributed by atoms with van der Waals surface area (Å²) in [5.41, 5.74) is 0.461. The second-order valence-corrected chi connectivity index (χ2v) is 6.52. The van der Waals surface area contributed by atoms with Gasteiger partial charge in [0.25, 0.3) is 0 Å². The van der Waals surface area contributed by atoms with Crippen LogP contribution >= 0.6 is 0 Å². The van der Waals surface area contributed by atoms with Crippen molar-refractivity contribution in [1.82, 2.24) is 9.88 Å². The van der Waals surface area contributed by atoms with E-state index in [1.807, 2.05) is 30.0 Å². The lowest BCUT2D eigenvalue weighted by atomic mass is 9.84. The van der Waals surface area contributed by atoms with Crippen LogP contribution < -0.4 is 4.74 Å². The minimum atomic E-state index is -0.965. The van der Waals surface area contributed by atoms with Gasteiger partial charge in [0.05, 0.1) is 12.2 Å². The smallest absolute Gasteiger partial charge is 0.325 e. The number of carboxylic acid groups (broad SMARTS) is 1. The molecule has 0 spiro atoms. The molecular weight excluding hydrogens is 332 g/mol. The monoisotopic (exact) mass is 356 g/mol. The zero-order valence-corrected chi connectivity index (χ0v) is 14.8. The number of carbonyl (C=O) groups is 1. The molecule has 26 heavy (non-hydrogen) atoms. The molecule has 6 nitrogen and oxygen atoms in total. The van der Waals surface area contributed by atoms with E-state index in [-0.39, 0.29) is 0 Å². The van der Waals surface area contributed by atoms with Crippen LogP contribution in [0.3, 0.4) is 0 Å². The van der Waals surface area contributed by atoms with Gasteiger partial charge in [0, 0.05) is 36.6 Å². The fourth-order valence-electron chi connectivity index (χ4n) is 3.56. The maximum absolute atomic E-state index is 12.0. The highest BCUT2D eigenvalue weighted by atomic mass is 16.5. The van der Waals surface area contributed by atoms with Crippen LogP contribution in [0, 0.1) is 0 Å². The highest BCUT2D eigenvalue weighted by Gasteiger charge is 2.39. The summed E-state index contributed by atoms with van der Waals surface area (Å²) in [6, 6.07) is 10.1. The molecule has 1 aromatic heterocycles. The summed E-state index contributed by atoms with van der Waals surface area (Å²) >= 11 is 0. The molecule has 1 aliphatic heterocycles. The predicted molar refractivity (Wildman–Crippen MR) is 96.9 cm³/mol. The van der Waals surface area contributed by atoms with E-state index in [1.165, 1.54) is 0 Å². The number of piperidine rings is 1. The van der Waals surface area contributed by atoms with Gasteiger partial charge in [-0.2, -0.15) is 0 Å². The van der Waals surface area contributed by atoms with Crippen LogP contribution in [-0.2, 0) is 10.4 Å². The molecule has 1 aromatic carbocycles. The van der Waals surface area contributed by atoms with E-state index in [1.54, 1.807) is 30.6 Å². The van der Waals surface area contributed by atoms with Crippen LogP contribution in [0.25, 0.3) is 0 Å². The second kappa shape index (κ2) is 7.85. The Morgan fingerprint density at radius 1 is 1.27 bits per heavy atom. The molecule has 3 rings (SSSR count). The van der Waals surface area contributed by atoms with Crippen molar-refractivity contribution in [2.75, 3.05) is 19.7 Å². The van der Waals surface area contributed by atoms with Crippen molar-refractivity contribution < 1.29 is 19.7 Å². The SMILES string of the molecule is CCOc1ccccc1[C@@H](C(=O)O)N1CCC(O)(c2cccnc2)CC1. The Kier molecular flexibility index (Phi) is 5.54. The molecule has 0 radical (unpaired) electrons. The normalized spacial score (nSPS) is 18.2. The van der Waals surface area contributed by atoms with Gasteiger partial charge >= 0.3 is 5.97 Å². The third kappa shape index (κ3) is 3.71. The molecule has 0 saturated carbocycles. The van der Waals surface area contributed by atoms with E-state index < -0.39 is 17.6 Å². The van der Waals surface area contributed by atoms with E-state index in [9.17, 15) is 15.0 Å². The first-order valence-corrected chi connectivity index (χ1v) is 8.86. The molecule has 138 valence electrons. The molecule has 1 atom stereocenters. The maximum atomic E-state index is 12.0. The van der Waals surface area contributed by atoms with E-state index >= 15 is 0 Å². The topological polar surface area (TPSA) is 82.9 Å². The third-order valence-corrected chi connectivity index (χ3v) is 4.94. The van der Waals surface area contributed by atoms with Crippen LogP contribution in [0.2, 0.25) is 0 Å². The first kappa shape index (κ1) is 18.4. The van der Waals surface area contributed by atoms with Gasteiger partial charge in [0.15, 0.2) is 0 Å². The Balaban J connectivity index is 1.81. The van der Waals surface area contributed by atoms with Crippen molar-refractivity contribution in [3.63, 3.8) is 0 Å². The third-order valence-electron chi connectivity index (χ3n) is 4.94. The molecule has 0 bridgehead atoms. The maximum Gasteiger partial charge on any atom is 0.325 e. The Morgan fingerprint density at radius 3 is 2.62 bits per heavy atom. The van der Waals surface area contributed by atoms with E-state index in [0.29, 0.717) is 43.9 Å². The molecule has 6 heteroatoms. The van der Waals surface area contributed by atoms with Crippen LogP contribution in [0.15, 0.2) is 48.8 Å². The van der Waals surface area contributed by atoms with Crippen LogP contribution in [-0.4, -0.2) is 45.8 Å². The van der Waals surface area contributed by atoms with Gasteiger partial charge in [-0.25, -0.2) is 0 Å². The molecule has 0 aliphatic carbocycles. The summed E-state index contributed by atoms with van der Waals surface area (Å²) in [6.45, 7) is 3.30. The molecule has 0 unspecified atom stereocenters. The van der Waals surface area contributed by atoms with Gasteiger partial charge in [-0.15, -0.1) is 0 Å². The van der Waals surface area contributed by atoms with Crippen molar-refractivity contribution in [3.05, 3.63) is 59.9 Å². The summed E-state index contributed by atoms with van der Waals surface area (Å²) < 4.78 is 5.62. The van der Waals surface area contributed by atoms with E-state index in [4.69, 9.17) is 4.74 Å². The number of ether oxygens (including phenoxy) is 1. The summed E-state index contributed by atoms with van der Waals surface area (Å²) in [4.78, 5) is 18.0. The van der Waals surface area contributed by atoms with E-state index in [2.05, 4.69) is 4.98 Å². The first-order valence-electron chi connectivity index (χ1n) is 8.86. The number of aliphatic carboxylic acids is 1. The minimum absolute atomic E-state index is 0.458. The number of carboxylic acids is 1. The number of aliphatic hydroxyl groups is 1. The fraction of sp³-hybridized carbons (Fsp3) is 0.400. The number of rotatable bonds is 6. The quantitative estimate of drug-likeness (QED) is 0.828. The van der Waals surface area contributed by atoms with E-state index in [0.717, 1.165) is 5.56 Å². The highest BCUT2D eigenvalue weighted by Crippen LogP contribution is 2.37. The van der Waals surface area contributed by atoms with Crippen molar-refractivity contribution in [2.45, 2.75) is 31.4 Å². The Labute approximate surface area is 153 Å². The highest BCUT2D eigenvalue weighted by molar-refractivity contribution is 5.76. The van der Waals surface area contributed by atoms with Crippen molar-refractivity contribution in [3.8, 4) is 5.75 Å². The summed E-state index contributed by atoms with van der Waals surface area (Å²) in [5.74, 6) is -0.320. The van der Waals surface area contributed by atoms with Gasteiger partial charge in [-0.05, 0) is 31.9 Å². The Hall–Kier alpha value is -2.44. The van der Waals surface area contributed by atoms with Crippen LogP contribution in [0.1, 0.15) is 36.9 Å². The van der Waals surface area contributed by atoms with Crippen LogP contribution in [0.5, 0.6) is 5.75 Å². The summed E-state index contributed by atoms with van der Waals surface area (Å²) in [7, 11) is 0. The number of para-hydroxylation sites is 1.